The zero-order chi connectivity index (χ0) is 12.8. The Bertz CT molecular complexity index is 502. The van der Waals surface area contributed by atoms with E-state index in [1.54, 1.807) is 6.92 Å². The molecule has 0 aliphatic rings. The standard InChI is InChI=1S/C16H17NO/c1-13(18)15-7-9-16(10-8-15)17-12-11-14-5-3-2-4-6-14/h2-10,17H,11-12H2,1H3. The first kappa shape index (κ1) is 12.4. The highest BCUT2D eigenvalue weighted by atomic mass is 16.1. The van der Waals surface area contributed by atoms with Crippen molar-refractivity contribution >= 4 is 11.5 Å². The Morgan fingerprint density at radius 2 is 1.67 bits per heavy atom. The van der Waals surface area contributed by atoms with Crippen LogP contribution in [0.4, 0.5) is 5.69 Å². The molecule has 0 heterocycles. The summed E-state index contributed by atoms with van der Waals surface area (Å²) in [6.45, 7) is 2.47. The van der Waals surface area contributed by atoms with Gasteiger partial charge in [-0.2, -0.15) is 0 Å². The number of carbonyl (C=O) groups is 1. The Balaban J connectivity index is 1.85. The van der Waals surface area contributed by atoms with Gasteiger partial charge in [-0.1, -0.05) is 30.3 Å². The lowest BCUT2D eigenvalue weighted by atomic mass is 10.1. The third-order valence-electron chi connectivity index (χ3n) is 2.88. The van der Waals surface area contributed by atoms with Crippen molar-refractivity contribution in [2.75, 3.05) is 11.9 Å². The Kier molecular flexibility index (Phi) is 4.13. The first-order valence-corrected chi connectivity index (χ1v) is 6.14. The molecule has 18 heavy (non-hydrogen) atoms. The molecule has 0 bridgehead atoms. The van der Waals surface area contributed by atoms with Crippen molar-refractivity contribution in [3.05, 3.63) is 65.7 Å². The largest absolute Gasteiger partial charge is 0.385 e. The van der Waals surface area contributed by atoms with Crippen molar-refractivity contribution < 1.29 is 4.79 Å². The Morgan fingerprint density at radius 3 is 2.28 bits per heavy atom. The van der Waals surface area contributed by atoms with Crippen molar-refractivity contribution in [1.82, 2.24) is 0 Å². The van der Waals surface area contributed by atoms with Gasteiger partial charge in [0.15, 0.2) is 5.78 Å². The van der Waals surface area contributed by atoms with Crippen molar-refractivity contribution in [3.8, 4) is 0 Å². The number of hydrogen-bond donors (Lipinski definition) is 1. The van der Waals surface area contributed by atoms with Crippen LogP contribution in [0.3, 0.4) is 0 Å². The highest BCUT2D eigenvalue weighted by molar-refractivity contribution is 5.94. The molecule has 2 aromatic rings. The summed E-state index contributed by atoms with van der Waals surface area (Å²) < 4.78 is 0. The molecular formula is C16H17NO. The van der Waals surface area contributed by atoms with E-state index in [9.17, 15) is 4.79 Å². The van der Waals surface area contributed by atoms with Crippen LogP contribution in [0.2, 0.25) is 0 Å². The van der Waals surface area contributed by atoms with E-state index in [1.165, 1.54) is 5.56 Å². The number of benzene rings is 2. The predicted octanol–water partition coefficient (Wildman–Crippen LogP) is 3.54. The van der Waals surface area contributed by atoms with Crippen LogP contribution in [0.25, 0.3) is 0 Å². The van der Waals surface area contributed by atoms with Crippen LogP contribution in [-0.2, 0) is 6.42 Å². The number of anilines is 1. The Morgan fingerprint density at radius 1 is 1.00 bits per heavy atom. The van der Waals surface area contributed by atoms with Gasteiger partial charge in [0, 0.05) is 17.8 Å². The Hall–Kier alpha value is -2.09. The maximum absolute atomic E-state index is 11.1. The fourth-order valence-electron chi connectivity index (χ4n) is 1.82. The number of ketones is 1. The highest BCUT2D eigenvalue weighted by Crippen LogP contribution is 2.10. The van der Waals surface area contributed by atoms with Crippen LogP contribution < -0.4 is 5.32 Å². The van der Waals surface area contributed by atoms with E-state index >= 15 is 0 Å². The van der Waals surface area contributed by atoms with Gasteiger partial charge in [-0.3, -0.25) is 4.79 Å². The van der Waals surface area contributed by atoms with Gasteiger partial charge in [0.05, 0.1) is 0 Å². The van der Waals surface area contributed by atoms with Gasteiger partial charge >= 0.3 is 0 Å². The molecule has 2 rings (SSSR count). The second kappa shape index (κ2) is 6.01. The molecule has 0 amide bonds. The zero-order valence-corrected chi connectivity index (χ0v) is 10.5. The molecule has 0 spiro atoms. The van der Waals surface area contributed by atoms with Gasteiger partial charge in [-0.05, 0) is 43.2 Å². The molecular weight excluding hydrogens is 222 g/mol. The van der Waals surface area contributed by atoms with E-state index in [1.807, 2.05) is 30.3 Å². The van der Waals surface area contributed by atoms with Crippen molar-refractivity contribution in [2.24, 2.45) is 0 Å². The lowest BCUT2D eigenvalue weighted by molar-refractivity contribution is 0.101. The van der Waals surface area contributed by atoms with E-state index in [4.69, 9.17) is 0 Å². The van der Waals surface area contributed by atoms with E-state index in [2.05, 4.69) is 29.6 Å². The fourth-order valence-corrected chi connectivity index (χ4v) is 1.82. The first-order valence-electron chi connectivity index (χ1n) is 6.14. The van der Waals surface area contributed by atoms with Crippen molar-refractivity contribution in [3.63, 3.8) is 0 Å². The maximum Gasteiger partial charge on any atom is 0.159 e. The second-order valence-electron chi connectivity index (χ2n) is 4.30. The summed E-state index contributed by atoms with van der Waals surface area (Å²) >= 11 is 0. The predicted molar refractivity (Wildman–Crippen MR) is 75.1 cm³/mol. The fraction of sp³-hybridized carbons (Fsp3) is 0.188. The van der Waals surface area contributed by atoms with Gasteiger partial charge in [0.2, 0.25) is 0 Å². The van der Waals surface area contributed by atoms with Crippen LogP contribution in [-0.4, -0.2) is 12.3 Å². The summed E-state index contributed by atoms with van der Waals surface area (Å²) in [5, 5.41) is 3.35. The number of carbonyl (C=O) groups excluding carboxylic acids is 1. The molecule has 0 aromatic heterocycles. The minimum absolute atomic E-state index is 0.103. The molecule has 0 unspecified atom stereocenters. The van der Waals surface area contributed by atoms with Crippen LogP contribution in [0.15, 0.2) is 54.6 Å². The molecule has 0 atom stereocenters. The molecule has 0 fully saturated rings. The molecule has 1 N–H and O–H groups in total. The van der Waals surface area contributed by atoms with Gasteiger partial charge < -0.3 is 5.32 Å². The SMILES string of the molecule is CC(=O)c1ccc(NCCc2ccccc2)cc1. The summed E-state index contributed by atoms with van der Waals surface area (Å²) in [5.41, 5.74) is 3.13. The van der Waals surface area contributed by atoms with Gasteiger partial charge in [-0.25, -0.2) is 0 Å². The van der Waals surface area contributed by atoms with E-state index in [0.717, 1.165) is 24.2 Å². The number of hydrogen-bond acceptors (Lipinski definition) is 2. The monoisotopic (exact) mass is 239 g/mol. The molecule has 2 heteroatoms. The van der Waals surface area contributed by atoms with Crippen molar-refractivity contribution in [1.29, 1.82) is 0 Å². The number of rotatable bonds is 5. The van der Waals surface area contributed by atoms with Crippen LogP contribution in [0.5, 0.6) is 0 Å². The van der Waals surface area contributed by atoms with Gasteiger partial charge in [-0.15, -0.1) is 0 Å². The second-order valence-corrected chi connectivity index (χ2v) is 4.30. The zero-order valence-electron chi connectivity index (χ0n) is 10.5. The third kappa shape index (κ3) is 3.45. The quantitative estimate of drug-likeness (QED) is 0.808. The highest BCUT2D eigenvalue weighted by Gasteiger charge is 1.98. The van der Waals surface area contributed by atoms with Gasteiger partial charge in [0.1, 0.15) is 0 Å². The van der Waals surface area contributed by atoms with E-state index < -0.39 is 0 Å². The summed E-state index contributed by atoms with van der Waals surface area (Å²) in [4.78, 5) is 11.1. The topological polar surface area (TPSA) is 29.1 Å². The molecule has 2 aromatic carbocycles. The molecule has 0 saturated heterocycles. The minimum Gasteiger partial charge on any atom is -0.385 e. The lowest BCUT2D eigenvalue weighted by Crippen LogP contribution is -2.04. The van der Waals surface area contributed by atoms with Crippen LogP contribution in [0, 0.1) is 0 Å². The van der Waals surface area contributed by atoms with E-state index in [-0.39, 0.29) is 5.78 Å². The summed E-state index contributed by atoms with van der Waals surface area (Å²) in [5.74, 6) is 0.103. The first-order chi connectivity index (χ1) is 8.75. The van der Waals surface area contributed by atoms with Crippen LogP contribution in [0.1, 0.15) is 22.8 Å². The summed E-state index contributed by atoms with van der Waals surface area (Å²) in [6.07, 6.45) is 0.995. The number of Topliss-reactive ketones (excluding diaryl/α,β-unsaturated/α-hetero) is 1. The van der Waals surface area contributed by atoms with Crippen molar-refractivity contribution in [2.45, 2.75) is 13.3 Å². The molecule has 2 nitrogen and oxygen atoms in total. The summed E-state index contributed by atoms with van der Waals surface area (Å²) in [7, 11) is 0. The van der Waals surface area contributed by atoms with E-state index in [0.29, 0.717) is 0 Å². The van der Waals surface area contributed by atoms with Gasteiger partial charge in [0.25, 0.3) is 0 Å². The smallest absolute Gasteiger partial charge is 0.159 e. The lowest BCUT2D eigenvalue weighted by Gasteiger charge is -2.06. The molecule has 92 valence electrons. The number of nitrogens with one attached hydrogen (secondary N) is 1. The maximum atomic E-state index is 11.1. The average molecular weight is 239 g/mol. The summed E-state index contributed by atoms with van der Waals surface area (Å²) in [6, 6.07) is 18.0. The normalized spacial score (nSPS) is 10.1. The molecule has 0 aliphatic carbocycles. The average Bonchev–Trinajstić information content (AvgIpc) is 2.40. The minimum atomic E-state index is 0.103. The van der Waals surface area contributed by atoms with Crippen LogP contribution >= 0.6 is 0 Å². The molecule has 0 aliphatic heterocycles. The molecule has 0 saturated carbocycles. The Labute approximate surface area is 108 Å². The molecule has 0 radical (unpaired) electrons. The third-order valence-corrected chi connectivity index (χ3v) is 2.88.